The van der Waals surface area contributed by atoms with E-state index < -0.39 is 0 Å². The molecule has 0 amide bonds. The van der Waals surface area contributed by atoms with Crippen LogP contribution in [0, 0.1) is 5.82 Å². The van der Waals surface area contributed by atoms with Gasteiger partial charge in [-0.3, -0.25) is 0 Å². The van der Waals surface area contributed by atoms with Gasteiger partial charge in [-0.05, 0) is 37.8 Å². The molecule has 20 heavy (non-hydrogen) atoms. The Labute approximate surface area is 125 Å². The van der Waals surface area contributed by atoms with E-state index in [9.17, 15) is 4.39 Å². The summed E-state index contributed by atoms with van der Waals surface area (Å²) in [6.45, 7) is 4.07. The van der Waals surface area contributed by atoms with Crippen molar-refractivity contribution in [2.24, 2.45) is 4.99 Å². The molecule has 0 atom stereocenters. The minimum Gasteiger partial charge on any atom is -0.357 e. The molecule has 0 fully saturated rings. The van der Waals surface area contributed by atoms with E-state index in [1.165, 1.54) is 18.2 Å². The molecule has 0 bridgehead atoms. The van der Waals surface area contributed by atoms with Gasteiger partial charge in [0.2, 0.25) is 0 Å². The van der Waals surface area contributed by atoms with Gasteiger partial charge in [0, 0.05) is 18.7 Å². The average Bonchev–Trinajstić information content (AvgIpc) is 2.46. The second kappa shape index (κ2) is 10.5. The highest BCUT2D eigenvalue weighted by atomic mass is 32.2. The second-order valence-corrected chi connectivity index (χ2v) is 5.40. The van der Waals surface area contributed by atoms with E-state index in [1.807, 2.05) is 24.8 Å². The first-order valence-electron chi connectivity index (χ1n) is 7.02. The largest absolute Gasteiger partial charge is 0.357 e. The van der Waals surface area contributed by atoms with Crippen molar-refractivity contribution in [1.29, 1.82) is 0 Å². The van der Waals surface area contributed by atoms with Gasteiger partial charge in [0.15, 0.2) is 5.96 Å². The van der Waals surface area contributed by atoms with Crippen LogP contribution in [0.5, 0.6) is 0 Å². The van der Waals surface area contributed by atoms with Crippen molar-refractivity contribution >= 4 is 17.7 Å². The Morgan fingerprint density at radius 2 is 2.05 bits per heavy atom. The Morgan fingerprint density at radius 3 is 2.75 bits per heavy atom. The molecular weight excluding hydrogens is 273 g/mol. The molecule has 0 aliphatic heterocycles. The van der Waals surface area contributed by atoms with Crippen molar-refractivity contribution < 1.29 is 4.39 Å². The molecule has 3 nitrogen and oxygen atoms in total. The maximum absolute atomic E-state index is 13.5. The lowest BCUT2D eigenvalue weighted by atomic mass is 10.2. The zero-order valence-electron chi connectivity index (χ0n) is 12.3. The third kappa shape index (κ3) is 6.80. The molecule has 2 N–H and O–H groups in total. The number of thioether (sulfide) groups is 1. The first-order chi connectivity index (χ1) is 9.77. The van der Waals surface area contributed by atoms with Crippen molar-refractivity contribution in [3.63, 3.8) is 0 Å². The molecule has 112 valence electrons. The lowest BCUT2D eigenvalue weighted by Crippen LogP contribution is -2.37. The van der Waals surface area contributed by atoms with E-state index in [0.717, 1.165) is 25.5 Å². The van der Waals surface area contributed by atoms with Gasteiger partial charge in [-0.2, -0.15) is 11.8 Å². The normalized spacial score (nSPS) is 11.4. The lowest BCUT2D eigenvalue weighted by Gasteiger charge is -2.11. The van der Waals surface area contributed by atoms with Gasteiger partial charge >= 0.3 is 0 Å². The third-order valence-corrected chi connectivity index (χ3v) is 3.47. The molecule has 1 rings (SSSR count). The first-order valence-corrected chi connectivity index (χ1v) is 8.41. The van der Waals surface area contributed by atoms with Crippen molar-refractivity contribution in [3.8, 4) is 0 Å². The van der Waals surface area contributed by atoms with Crippen LogP contribution in [-0.2, 0) is 6.54 Å². The fourth-order valence-corrected chi connectivity index (χ4v) is 2.20. The van der Waals surface area contributed by atoms with E-state index in [0.29, 0.717) is 12.1 Å². The molecule has 0 unspecified atom stereocenters. The van der Waals surface area contributed by atoms with Gasteiger partial charge in [0.25, 0.3) is 0 Å². The molecule has 1 aromatic rings. The summed E-state index contributed by atoms with van der Waals surface area (Å²) in [5.41, 5.74) is 0.618. The smallest absolute Gasteiger partial charge is 0.191 e. The van der Waals surface area contributed by atoms with E-state index >= 15 is 0 Å². The summed E-state index contributed by atoms with van der Waals surface area (Å²) < 4.78 is 13.5. The molecule has 0 spiro atoms. The summed E-state index contributed by atoms with van der Waals surface area (Å²) in [4.78, 5) is 4.41. The van der Waals surface area contributed by atoms with Gasteiger partial charge in [-0.25, -0.2) is 9.38 Å². The highest BCUT2D eigenvalue weighted by Gasteiger charge is 2.01. The van der Waals surface area contributed by atoms with Crippen molar-refractivity contribution in [1.82, 2.24) is 10.6 Å². The number of benzene rings is 1. The number of guanidine groups is 1. The van der Waals surface area contributed by atoms with Gasteiger partial charge in [0.05, 0.1) is 6.54 Å². The Balaban J connectivity index is 2.44. The summed E-state index contributed by atoms with van der Waals surface area (Å²) >= 11 is 1.86. The van der Waals surface area contributed by atoms with Crippen molar-refractivity contribution in [3.05, 3.63) is 35.6 Å². The molecule has 0 aromatic heterocycles. The number of aliphatic imine (C=N–C) groups is 1. The Hall–Kier alpha value is -1.23. The maximum atomic E-state index is 13.5. The van der Waals surface area contributed by atoms with Crippen molar-refractivity contribution in [2.45, 2.75) is 26.3 Å². The zero-order chi connectivity index (χ0) is 14.6. The summed E-state index contributed by atoms with van der Waals surface area (Å²) in [7, 11) is 0. The van der Waals surface area contributed by atoms with Crippen LogP contribution in [0.1, 0.15) is 25.3 Å². The van der Waals surface area contributed by atoms with E-state index in [4.69, 9.17) is 0 Å². The number of rotatable bonds is 8. The maximum Gasteiger partial charge on any atom is 0.191 e. The van der Waals surface area contributed by atoms with Crippen LogP contribution in [0.15, 0.2) is 29.3 Å². The molecule has 0 heterocycles. The predicted molar refractivity (Wildman–Crippen MR) is 86.8 cm³/mol. The van der Waals surface area contributed by atoms with Gasteiger partial charge in [-0.1, -0.05) is 18.2 Å². The Bertz CT molecular complexity index is 410. The molecule has 0 saturated heterocycles. The minimum atomic E-state index is -0.202. The van der Waals surface area contributed by atoms with Crippen LogP contribution < -0.4 is 10.6 Å². The standard InChI is InChI=1S/C15H24FN3S/c1-3-17-15(18-10-6-7-11-20-2)19-12-13-8-4-5-9-14(13)16/h4-5,8-9H,3,6-7,10-12H2,1-2H3,(H2,17,18,19). The number of hydrogen-bond donors (Lipinski definition) is 2. The predicted octanol–water partition coefficient (Wildman–Crippen LogP) is 3.02. The Kier molecular flexibility index (Phi) is 8.87. The topological polar surface area (TPSA) is 36.4 Å². The van der Waals surface area contributed by atoms with E-state index in [-0.39, 0.29) is 5.82 Å². The van der Waals surface area contributed by atoms with Crippen LogP contribution >= 0.6 is 11.8 Å². The summed E-state index contributed by atoms with van der Waals surface area (Å²) in [5, 5.41) is 6.45. The lowest BCUT2D eigenvalue weighted by molar-refractivity contribution is 0.610. The summed E-state index contributed by atoms with van der Waals surface area (Å²) in [6.07, 6.45) is 4.43. The van der Waals surface area contributed by atoms with Gasteiger partial charge in [0.1, 0.15) is 5.82 Å². The zero-order valence-corrected chi connectivity index (χ0v) is 13.1. The van der Waals surface area contributed by atoms with Gasteiger partial charge < -0.3 is 10.6 Å². The molecular formula is C15H24FN3S. The van der Waals surface area contributed by atoms with E-state index in [1.54, 1.807) is 12.1 Å². The molecule has 5 heteroatoms. The summed E-state index contributed by atoms with van der Waals surface area (Å²) in [5.74, 6) is 1.73. The van der Waals surface area contributed by atoms with Crippen LogP contribution in [0.4, 0.5) is 4.39 Å². The quantitative estimate of drug-likeness (QED) is 0.440. The number of nitrogens with zero attached hydrogens (tertiary/aromatic N) is 1. The Morgan fingerprint density at radius 1 is 1.25 bits per heavy atom. The molecule has 0 aliphatic carbocycles. The molecule has 0 saturated carbocycles. The molecule has 0 radical (unpaired) electrons. The van der Waals surface area contributed by atoms with Crippen LogP contribution in [0.3, 0.4) is 0 Å². The molecule has 1 aromatic carbocycles. The van der Waals surface area contributed by atoms with Crippen LogP contribution in [-0.4, -0.2) is 31.1 Å². The number of hydrogen-bond acceptors (Lipinski definition) is 2. The highest BCUT2D eigenvalue weighted by Crippen LogP contribution is 2.07. The number of nitrogens with one attached hydrogen (secondary N) is 2. The number of unbranched alkanes of at least 4 members (excludes halogenated alkanes) is 1. The summed E-state index contributed by atoms with van der Waals surface area (Å²) in [6, 6.07) is 6.75. The van der Waals surface area contributed by atoms with E-state index in [2.05, 4.69) is 21.9 Å². The fourth-order valence-electron chi connectivity index (χ4n) is 1.71. The van der Waals surface area contributed by atoms with Crippen LogP contribution in [0.2, 0.25) is 0 Å². The van der Waals surface area contributed by atoms with Crippen LogP contribution in [0.25, 0.3) is 0 Å². The molecule has 0 aliphatic rings. The third-order valence-electron chi connectivity index (χ3n) is 2.78. The number of halogens is 1. The monoisotopic (exact) mass is 297 g/mol. The minimum absolute atomic E-state index is 0.202. The van der Waals surface area contributed by atoms with Gasteiger partial charge in [-0.15, -0.1) is 0 Å². The average molecular weight is 297 g/mol. The van der Waals surface area contributed by atoms with Crippen molar-refractivity contribution in [2.75, 3.05) is 25.1 Å². The second-order valence-electron chi connectivity index (χ2n) is 4.41. The fraction of sp³-hybridized carbons (Fsp3) is 0.533. The first kappa shape index (κ1) is 16.8. The SMILES string of the molecule is CCNC(=NCc1ccccc1F)NCCCCSC. The highest BCUT2D eigenvalue weighted by molar-refractivity contribution is 7.98.